The van der Waals surface area contributed by atoms with Crippen LogP contribution in [0.25, 0.3) is 22.2 Å². The van der Waals surface area contributed by atoms with Gasteiger partial charge in [-0.3, -0.25) is 9.36 Å². The number of pyridine rings is 1. The number of rotatable bonds is 9. The quantitative estimate of drug-likeness (QED) is 0.311. The fourth-order valence-corrected chi connectivity index (χ4v) is 4.86. The molecule has 1 aliphatic rings. The van der Waals surface area contributed by atoms with Crippen molar-refractivity contribution in [3.63, 3.8) is 0 Å². The minimum absolute atomic E-state index is 0.0352. The van der Waals surface area contributed by atoms with Crippen LogP contribution in [0.4, 0.5) is 10.2 Å². The van der Waals surface area contributed by atoms with Crippen molar-refractivity contribution in [1.29, 1.82) is 0 Å². The van der Waals surface area contributed by atoms with Crippen LogP contribution in [0.15, 0.2) is 48.9 Å². The predicted molar refractivity (Wildman–Crippen MR) is 139 cm³/mol. The van der Waals surface area contributed by atoms with Crippen molar-refractivity contribution in [1.82, 2.24) is 24.5 Å². The highest BCUT2D eigenvalue weighted by Gasteiger charge is 2.27. The molecule has 0 aliphatic heterocycles. The van der Waals surface area contributed by atoms with Gasteiger partial charge in [-0.25, -0.2) is 9.37 Å². The molecule has 9 nitrogen and oxygen atoms in total. The van der Waals surface area contributed by atoms with E-state index in [9.17, 15) is 14.6 Å². The van der Waals surface area contributed by atoms with E-state index in [0.717, 1.165) is 60.2 Å². The Morgan fingerprint density at radius 1 is 1.16 bits per heavy atom. The lowest BCUT2D eigenvalue weighted by molar-refractivity contribution is 0.0186. The monoisotopic (exact) mass is 508 g/mol. The molecule has 1 aliphatic carbocycles. The Bertz CT molecular complexity index is 1350. The first-order chi connectivity index (χ1) is 17.9. The summed E-state index contributed by atoms with van der Waals surface area (Å²) in [5.74, 6) is 0.754. The summed E-state index contributed by atoms with van der Waals surface area (Å²) in [6.45, 7) is 4.52. The topological polar surface area (TPSA) is 110 Å². The van der Waals surface area contributed by atoms with Crippen LogP contribution in [0.3, 0.4) is 0 Å². The van der Waals surface area contributed by atoms with Crippen LogP contribution in [0.1, 0.15) is 45.6 Å². The van der Waals surface area contributed by atoms with Crippen molar-refractivity contribution in [2.75, 3.05) is 11.9 Å². The van der Waals surface area contributed by atoms with Crippen molar-refractivity contribution < 1.29 is 19.3 Å². The van der Waals surface area contributed by atoms with Gasteiger partial charge in [0.25, 0.3) is 0 Å². The smallest absolute Gasteiger partial charge is 0.165 e. The first kappa shape index (κ1) is 25.2. The molecular formula is C27H33FN6O3. The second kappa shape index (κ2) is 10.9. The van der Waals surface area contributed by atoms with E-state index in [2.05, 4.69) is 20.1 Å². The molecule has 3 aromatic heterocycles. The highest BCUT2D eigenvalue weighted by atomic mass is 19.1. The van der Waals surface area contributed by atoms with Gasteiger partial charge in [-0.05, 0) is 51.7 Å². The number of halogens is 1. The van der Waals surface area contributed by atoms with E-state index in [4.69, 9.17) is 9.84 Å². The summed E-state index contributed by atoms with van der Waals surface area (Å²) in [5.41, 5.74) is 2.57. The molecule has 0 bridgehead atoms. The number of aliphatic hydroxyl groups excluding tert-OH is 2. The molecule has 10 heteroatoms. The zero-order chi connectivity index (χ0) is 25.9. The normalized spacial score (nSPS) is 19.6. The first-order valence-corrected chi connectivity index (χ1v) is 12.8. The lowest BCUT2D eigenvalue weighted by atomic mass is 9.93. The number of anilines is 1. The molecule has 0 radical (unpaired) electrons. The molecule has 3 N–H and O–H groups in total. The zero-order valence-electron chi connectivity index (χ0n) is 21.1. The van der Waals surface area contributed by atoms with Gasteiger partial charge in [0.05, 0.1) is 42.6 Å². The lowest BCUT2D eigenvalue weighted by Gasteiger charge is -2.29. The average molecular weight is 509 g/mol. The number of nitrogens with one attached hydrogen (secondary N) is 1. The second-order valence-corrected chi connectivity index (χ2v) is 9.65. The molecule has 2 atom stereocenters. The standard InChI is InChI=1S/C27H33FN6O3/c1-3-29-26-12-23-21(14-30-26)27(18-13-31-33(15-18)16-24(36)17(2)35)32-34(23)19-8-10-20(11-9-19)37-25-7-5-4-6-22(25)28/h4-7,12-15,17,19-20,24,35-36H,3,8-11,16H2,1-2H3,(H,29,30)/t17-,19?,20?,24-/m0/s1. The number of benzene rings is 1. The second-order valence-electron chi connectivity index (χ2n) is 9.65. The summed E-state index contributed by atoms with van der Waals surface area (Å²) in [5, 5.41) is 33.2. The van der Waals surface area contributed by atoms with Gasteiger partial charge in [-0.15, -0.1) is 0 Å². The van der Waals surface area contributed by atoms with E-state index in [1.165, 1.54) is 6.07 Å². The van der Waals surface area contributed by atoms with Crippen LogP contribution in [0.5, 0.6) is 5.75 Å². The zero-order valence-corrected chi connectivity index (χ0v) is 21.1. The number of para-hydroxylation sites is 1. The third-order valence-electron chi connectivity index (χ3n) is 6.91. The van der Waals surface area contributed by atoms with Crippen LogP contribution in [0.2, 0.25) is 0 Å². The Morgan fingerprint density at radius 2 is 1.95 bits per heavy atom. The summed E-state index contributed by atoms with van der Waals surface area (Å²) in [6, 6.07) is 8.73. The minimum Gasteiger partial charge on any atom is -0.487 e. The third-order valence-corrected chi connectivity index (χ3v) is 6.91. The van der Waals surface area contributed by atoms with E-state index in [0.29, 0.717) is 5.75 Å². The number of ether oxygens (including phenoxy) is 1. The fourth-order valence-electron chi connectivity index (χ4n) is 4.86. The van der Waals surface area contributed by atoms with Crippen molar-refractivity contribution in [2.24, 2.45) is 0 Å². The third kappa shape index (κ3) is 5.45. The Morgan fingerprint density at radius 3 is 2.68 bits per heavy atom. The van der Waals surface area contributed by atoms with Gasteiger partial charge in [0.1, 0.15) is 11.5 Å². The number of hydrogen-bond donors (Lipinski definition) is 3. The molecule has 1 fully saturated rings. The van der Waals surface area contributed by atoms with Gasteiger partial charge in [-0.1, -0.05) is 12.1 Å². The van der Waals surface area contributed by atoms with Crippen LogP contribution in [-0.4, -0.2) is 59.6 Å². The molecule has 4 aromatic rings. The van der Waals surface area contributed by atoms with E-state index in [1.54, 1.807) is 36.0 Å². The Labute approximate surface area is 214 Å². The minimum atomic E-state index is -0.909. The molecule has 5 rings (SSSR count). The molecule has 1 saturated carbocycles. The van der Waals surface area contributed by atoms with Gasteiger partial charge in [0.2, 0.25) is 0 Å². The SMILES string of the molecule is CCNc1cc2c(cn1)c(-c1cnn(C[C@H](O)[C@H](C)O)c1)nn2C1CCC(Oc2ccccc2F)CC1. The van der Waals surface area contributed by atoms with E-state index < -0.39 is 12.2 Å². The summed E-state index contributed by atoms with van der Waals surface area (Å²) >= 11 is 0. The highest BCUT2D eigenvalue weighted by Crippen LogP contribution is 2.36. The largest absolute Gasteiger partial charge is 0.487 e. The Hall–Kier alpha value is -3.50. The molecule has 0 spiro atoms. The van der Waals surface area contributed by atoms with Crippen LogP contribution in [0, 0.1) is 5.82 Å². The molecule has 0 saturated heterocycles. The molecule has 0 unspecified atom stereocenters. The maximum absolute atomic E-state index is 14.1. The van der Waals surface area contributed by atoms with Gasteiger partial charge in [0, 0.05) is 36.0 Å². The van der Waals surface area contributed by atoms with Crippen molar-refractivity contribution >= 4 is 16.7 Å². The molecule has 3 heterocycles. The fraction of sp³-hybridized carbons (Fsp3) is 0.444. The number of aromatic nitrogens is 5. The van der Waals surface area contributed by atoms with Gasteiger partial charge < -0.3 is 20.3 Å². The molecule has 0 amide bonds. The van der Waals surface area contributed by atoms with Crippen molar-refractivity contribution in [2.45, 2.75) is 70.4 Å². The maximum atomic E-state index is 14.1. The first-order valence-electron chi connectivity index (χ1n) is 12.8. The van der Waals surface area contributed by atoms with Gasteiger partial charge >= 0.3 is 0 Å². The van der Waals surface area contributed by atoms with Gasteiger partial charge in [-0.2, -0.15) is 10.2 Å². The van der Waals surface area contributed by atoms with E-state index in [-0.39, 0.29) is 24.5 Å². The van der Waals surface area contributed by atoms with E-state index >= 15 is 0 Å². The molecule has 196 valence electrons. The summed E-state index contributed by atoms with van der Waals surface area (Å²) in [6.07, 6.45) is 6.90. The number of nitrogens with zero attached hydrogens (tertiary/aromatic N) is 5. The molecular weight excluding hydrogens is 475 g/mol. The highest BCUT2D eigenvalue weighted by molar-refractivity contribution is 5.93. The van der Waals surface area contributed by atoms with Crippen molar-refractivity contribution in [3.05, 3.63) is 54.7 Å². The average Bonchev–Trinajstić information content (AvgIpc) is 3.50. The van der Waals surface area contributed by atoms with Crippen LogP contribution in [-0.2, 0) is 6.54 Å². The predicted octanol–water partition coefficient (Wildman–Crippen LogP) is 4.17. The molecule has 1 aromatic carbocycles. The van der Waals surface area contributed by atoms with Crippen LogP contribution < -0.4 is 10.1 Å². The van der Waals surface area contributed by atoms with E-state index in [1.807, 2.05) is 25.4 Å². The summed E-state index contributed by atoms with van der Waals surface area (Å²) in [4.78, 5) is 4.57. The maximum Gasteiger partial charge on any atom is 0.165 e. The number of hydrogen-bond acceptors (Lipinski definition) is 7. The van der Waals surface area contributed by atoms with Gasteiger partial charge in [0.15, 0.2) is 11.6 Å². The molecule has 37 heavy (non-hydrogen) atoms. The summed E-state index contributed by atoms with van der Waals surface area (Å²) < 4.78 is 23.7. The van der Waals surface area contributed by atoms with Crippen molar-refractivity contribution in [3.8, 4) is 17.0 Å². The Balaban J connectivity index is 1.40. The Kier molecular flexibility index (Phi) is 7.38. The number of aliphatic hydroxyl groups is 2. The van der Waals surface area contributed by atoms with Crippen LogP contribution >= 0.6 is 0 Å². The number of fused-ring (bicyclic) bond motifs is 1. The summed E-state index contributed by atoms with van der Waals surface area (Å²) in [7, 11) is 0. The lowest BCUT2D eigenvalue weighted by Crippen LogP contribution is -2.27.